The lowest BCUT2D eigenvalue weighted by Crippen LogP contribution is -2.37. The zero-order chi connectivity index (χ0) is 15.3. The van der Waals surface area contributed by atoms with E-state index >= 15 is 0 Å². The number of rotatable bonds is 5. The number of carbonyl (C=O) groups is 1. The van der Waals surface area contributed by atoms with E-state index in [4.69, 9.17) is 5.26 Å². The Bertz CT molecular complexity index is 652. The molecule has 0 fully saturated rings. The molecule has 1 N–H and O–H groups in total. The van der Waals surface area contributed by atoms with Gasteiger partial charge in [-0.2, -0.15) is 5.26 Å². The molecule has 1 amide bonds. The number of hydrogen-bond acceptors (Lipinski definition) is 4. The van der Waals surface area contributed by atoms with Crippen LogP contribution in [0.5, 0.6) is 0 Å². The van der Waals surface area contributed by atoms with Crippen LogP contribution >= 0.6 is 0 Å². The van der Waals surface area contributed by atoms with Crippen LogP contribution in [0.3, 0.4) is 0 Å². The summed E-state index contributed by atoms with van der Waals surface area (Å²) in [6.07, 6.45) is 0. The Balaban J connectivity index is 2.90. The van der Waals surface area contributed by atoms with E-state index in [0.29, 0.717) is 6.54 Å². The van der Waals surface area contributed by atoms with Gasteiger partial charge in [0.05, 0.1) is 17.0 Å². The van der Waals surface area contributed by atoms with Gasteiger partial charge in [-0.15, -0.1) is 0 Å². The predicted octanol–water partition coefficient (Wildman–Crippen LogP) is 0.454. The zero-order valence-electron chi connectivity index (χ0n) is 11.1. The van der Waals surface area contributed by atoms with Crippen molar-refractivity contribution in [1.82, 2.24) is 9.62 Å². The maximum Gasteiger partial charge on any atom is 0.241 e. The van der Waals surface area contributed by atoms with Crippen molar-refractivity contribution >= 4 is 15.9 Å². The molecule has 0 unspecified atom stereocenters. The van der Waals surface area contributed by atoms with Crippen LogP contribution in [0.4, 0.5) is 4.39 Å². The molecule has 0 radical (unpaired) electrons. The highest BCUT2D eigenvalue weighted by molar-refractivity contribution is 7.89. The fourth-order valence-corrected chi connectivity index (χ4v) is 2.31. The molecule has 8 heteroatoms. The van der Waals surface area contributed by atoms with E-state index in [9.17, 15) is 17.6 Å². The number of halogens is 1. The van der Waals surface area contributed by atoms with Gasteiger partial charge in [0.25, 0.3) is 0 Å². The van der Waals surface area contributed by atoms with Crippen molar-refractivity contribution in [2.24, 2.45) is 0 Å². The number of likely N-dealkylation sites (N-methyl/N-ethyl adjacent to an activating group) is 1. The Hall–Kier alpha value is -1.98. The molecule has 0 aliphatic rings. The van der Waals surface area contributed by atoms with Crippen molar-refractivity contribution in [2.45, 2.75) is 11.8 Å². The molecule has 0 heterocycles. The first-order valence-electron chi connectivity index (χ1n) is 5.75. The van der Waals surface area contributed by atoms with Crippen LogP contribution in [-0.2, 0) is 14.8 Å². The first-order valence-corrected chi connectivity index (χ1v) is 7.23. The lowest BCUT2D eigenvalue weighted by Gasteiger charge is -2.14. The van der Waals surface area contributed by atoms with Crippen LogP contribution in [0.2, 0.25) is 0 Å². The van der Waals surface area contributed by atoms with Crippen molar-refractivity contribution in [3.05, 3.63) is 29.6 Å². The van der Waals surface area contributed by atoms with Crippen molar-refractivity contribution in [2.75, 3.05) is 20.1 Å². The summed E-state index contributed by atoms with van der Waals surface area (Å²) in [7, 11) is -2.42. The fourth-order valence-electron chi connectivity index (χ4n) is 1.31. The predicted molar refractivity (Wildman–Crippen MR) is 69.6 cm³/mol. The lowest BCUT2D eigenvalue weighted by atomic mass is 10.2. The van der Waals surface area contributed by atoms with Crippen molar-refractivity contribution in [3.8, 4) is 6.07 Å². The Kier molecular flexibility index (Phi) is 5.19. The second-order valence-electron chi connectivity index (χ2n) is 3.99. The maximum atomic E-state index is 13.1. The molecule has 0 aliphatic carbocycles. The Morgan fingerprint density at radius 3 is 2.70 bits per heavy atom. The number of sulfonamides is 1. The fraction of sp³-hybridized carbons (Fsp3) is 0.333. The van der Waals surface area contributed by atoms with Crippen LogP contribution in [0.15, 0.2) is 23.1 Å². The summed E-state index contributed by atoms with van der Waals surface area (Å²) in [6, 6.07) is 4.41. The van der Waals surface area contributed by atoms with E-state index in [1.165, 1.54) is 4.90 Å². The number of nitrogens with one attached hydrogen (secondary N) is 1. The number of nitriles is 1. The number of benzene rings is 1. The second-order valence-corrected chi connectivity index (χ2v) is 5.75. The van der Waals surface area contributed by atoms with E-state index in [-0.39, 0.29) is 10.5 Å². The molecule has 0 aromatic heterocycles. The molecule has 108 valence electrons. The molecule has 0 atom stereocenters. The molecule has 0 saturated heterocycles. The monoisotopic (exact) mass is 299 g/mol. The van der Waals surface area contributed by atoms with E-state index in [1.54, 1.807) is 20.0 Å². The number of amides is 1. The van der Waals surface area contributed by atoms with E-state index in [2.05, 4.69) is 4.72 Å². The van der Waals surface area contributed by atoms with Gasteiger partial charge in [0.15, 0.2) is 0 Å². The van der Waals surface area contributed by atoms with Gasteiger partial charge in [-0.25, -0.2) is 17.5 Å². The van der Waals surface area contributed by atoms with E-state index in [0.717, 1.165) is 18.2 Å². The van der Waals surface area contributed by atoms with Crippen molar-refractivity contribution in [3.63, 3.8) is 0 Å². The van der Waals surface area contributed by atoms with Crippen LogP contribution in [0.1, 0.15) is 12.5 Å². The number of carbonyl (C=O) groups excluding carboxylic acids is 1. The van der Waals surface area contributed by atoms with Gasteiger partial charge in [0.2, 0.25) is 15.9 Å². The number of nitrogens with zero attached hydrogens (tertiary/aromatic N) is 2. The lowest BCUT2D eigenvalue weighted by molar-refractivity contribution is -0.128. The highest BCUT2D eigenvalue weighted by Crippen LogP contribution is 2.14. The third kappa shape index (κ3) is 3.76. The molecule has 1 aromatic rings. The van der Waals surface area contributed by atoms with Gasteiger partial charge in [-0.1, -0.05) is 0 Å². The molecule has 0 spiro atoms. The summed E-state index contributed by atoms with van der Waals surface area (Å²) in [5.41, 5.74) is -0.370. The van der Waals surface area contributed by atoms with Crippen LogP contribution < -0.4 is 4.72 Å². The summed E-state index contributed by atoms with van der Waals surface area (Å²) in [6.45, 7) is 1.81. The summed E-state index contributed by atoms with van der Waals surface area (Å²) in [5.74, 6) is -1.19. The van der Waals surface area contributed by atoms with Crippen molar-refractivity contribution < 1.29 is 17.6 Å². The molecule has 0 bridgehead atoms. The average molecular weight is 299 g/mol. The van der Waals surface area contributed by atoms with Gasteiger partial charge < -0.3 is 4.90 Å². The van der Waals surface area contributed by atoms with Crippen molar-refractivity contribution in [1.29, 1.82) is 5.26 Å². The van der Waals surface area contributed by atoms with Crippen LogP contribution in [0, 0.1) is 17.1 Å². The molecule has 1 aromatic carbocycles. The normalized spacial score (nSPS) is 10.9. The highest BCUT2D eigenvalue weighted by Gasteiger charge is 2.18. The molecule has 20 heavy (non-hydrogen) atoms. The Labute approximate surface area is 116 Å². The largest absolute Gasteiger partial charge is 0.345 e. The minimum Gasteiger partial charge on any atom is -0.345 e. The van der Waals surface area contributed by atoms with Gasteiger partial charge in [-0.3, -0.25) is 4.79 Å². The third-order valence-electron chi connectivity index (χ3n) is 2.68. The topological polar surface area (TPSA) is 90.3 Å². The minimum absolute atomic E-state index is 0.262. The molecule has 0 aliphatic heterocycles. The minimum atomic E-state index is -3.96. The standard InChI is InChI=1S/C12H14FN3O3S/c1-3-16(2)12(17)8-15-20(18,19)10-4-5-11(13)9(6-10)7-14/h4-6,15H,3,8H2,1-2H3. The second kappa shape index (κ2) is 6.45. The zero-order valence-corrected chi connectivity index (χ0v) is 11.9. The van der Waals surface area contributed by atoms with Gasteiger partial charge in [-0.05, 0) is 25.1 Å². The smallest absolute Gasteiger partial charge is 0.241 e. The average Bonchev–Trinajstić information content (AvgIpc) is 2.44. The van der Waals surface area contributed by atoms with Gasteiger partial charge >= 0.3 is 0 Å². The first-order chi connectivity index (χ1) is 9.31. The van der Waals surface area contributed by atoms with Crippen LogP contribution in [0.25, 0.3) is 0 Å². The Morgan fingerprint density at radius 2 is 2.15 bits per heavy atom. The summed E-state index contributed by atoms with van der Waals surface area (Å²) in [5, 5.41) is 8.67. The van der Waals surface area contributed by atoms with E-state index in [1.807, 2.05) is 0 Å². The molecular weight excluding hydrogens is 285 g/mol. The highest BCUT2D eigenvalue weighted by atomic mass is 32.2. The van der Waals surface area contributed by atoms with E-state index < -0.39 is 28.3 Å². The molecular formula is C12H14FN3O3S. The van der Waals surface area contributed by atoms with Crippen LogP contribution in [-0.4, -0.2) is 39.4 Å². The molecule has 0 saturated carbocycles. The maximum absolute atomic E-state index is 13.1. The third-order valence-corrected chi connectivity index (χ3v) is 4.08. The first kappa shape index (κ1) is 16.1. The molecule has 6 nitrogen and oxygen atoms in total. The Morgan fingerprint density at radius 1 is 1.50 bits per heavy atom. The SMILES string of the molecule is CCN(C)C(=O)CNS(=O)(=O)c1ccc(F)c(C#N)c1. The summed E-state index contributed by atoms with van der Waals surface area (Å²) >= 11 is 0. The summed E-state index contributed by atoms with van der Waals surface area (Å²) < 4.78 is 39.1. The van der Waals surface area contributed by atoms with Gasteiger partial charge in [0.1, 0.15) is 11.9 Å². The van der Waals surface area contributed by atoms with Gasteiger partial charge in [0, 0.05) is 13.6 Å². The molecule has 1 rings (SSSR count). The number of hydrogen-bond donors (Lipinski definition) is 1. The quantitative estimate of drug-likeness (QED) is 0.855. The summed E-state index contributed by atoms with van der Waals surface area (Å²) in [4.78, 5) is 12.6.